The third-order valence-corrected chi connectivity index (χ3v) is 6.38. The summed E-state index contributed by atoms with van der Waals surface area (Å²) >= 11 is 1.67. The van der Waals surface area contributed by atoms with E-state index in [0.29, 0.717) is 12.3 Å². The van der Waals surface area contributed by atoms with Crippen LogP contribution in [0.15, 0.2) is 35.7 Å². The van der Waals surface area contributed by atoms with Gasteiger partial charge in [-0.25, -0.2) is 9.18 Å². The lowest BCUT2D eigenvalue weighted by molar-refractivity contribution is -0.136. The zero-order chi connectivity index (χ0) is 23.5. The number of nitrogens with one attached hydrogen (secondary N) is 1. The predicted molar refractivity (Wildman–Crippen MR) is 124 cm³/mol. The largest absolute Gasteiger partial charge is 0.491 e. The van der Waals surface area contributed by atoms with Gasteiger partial charge in [0.2, 0.25) is 5.91 Å². The van der Waals surface area contributed by atoms with Crippen LogP contribution in [0.25, 0.3) is 0 Å². The minimum Gasteiger partial charge on any atom is -0.491 e. The molecule has 0 bridgehead atoms. The van der Waals surface area contributed by atoms with Crippen LogP contribution in [0, 0.1) is 5.82 Å². The van der Waals surface area contributed by atoms with Crippen molar-refractivity contribution in [2.24, 2.45) is 0 Å². The van der Waals surface area contributed by atoms with Crippen LogP contribution in [0.1, 0.15) is 51.1 Å². The summed E-state index contributed by atoms with van der Waals surface area (Å²) in [4.78, 5) is 30.8. The molecule has 0 spiro atoms. The lowest BCUT2D eigenvalue weighted by atomic mass is 10.00. The number of halogens is 1. The molecule has 0 fully saturated rings. The van der Waals surface area contributed by atoms with E-state index in [1.54, 1.807) is 33.3 Å². The molecule has 3 rings (SSSR count). The molecule has 32 heavy (non-hydrogen) atoms. The van der Waals surface area contributed by atoms with Crippen LogP contribution >= 0.6 is 11.3 Å². The van der Waals surface area contributed by atoms with Gasteiger partial charge in [0.05, 0.1) is 6.04 Å². The van der Waals surface area contributed by atoms with Crippen molar-refractivity contribution in [3.05, 3.63) is 52.0 Å². The summed E-state index contributed by atoms with van der Waals surface area (Å²) in [6.07, 6.45) is 0.767. The number of ether oxygens (including phenoxy) is 1. The molecule has 1 N–H and O–H groups in total. The monoisotopic (exact) mass is 461 g/mol. The zero-order valence-electron chi connectivity index (χ0n) is 19.4. The van der Waals surface area contributed by atoms with Gasteiger partial charge >= 0.3 is 6.03 Å². The molecule has 1 aromatic heterocycles. The van der Waals surface area contributed by atoms with Crippen molar-refractivity contribution in [1.82, 2.24) is 15.1 Å². The van der Waals surface area contributed by atoms with Crippen molar-refractivity contribution in [1.29, 1.82) is 0 Å². The number of benzene rings is 1. The highest BCUT2D eigenvalue weighted by Crippen LogP contribution is 2.34. The average molecular weight is 462 g/mol. The molecule has 1 aliphatic heterocycles. The lowest BCUT2D eigenvalue weighted by Gasteiger charge is -2.40. The second-order valence-electron chi connectivity index (χ2n) is 9.28. The van der Waals surface area contributed by atoms with Crippen LogP contribution < -0.4 is 10.1 Å². The molecule has 3 amide bonds. The Balaban J connectivity index is 1.80. The van der Waals surface area contributed by atoms with Gasteiger partial charge in [-0.05, 0) is 70.2 Å². The molecule has 0 aliphatic carbocycles. The smallest absolute Gasteiger partial charge is 0.318 e. The Bertz CT molecular complexity index is 954. The maximum Gasteiger partial charge on any atom is 0.318 e. The maximum atomic E-state index is 13.6. The molecule has 1 atom stereocenters. The van der Waals surface area contributed by atoms with Gasteiger partial charge in [-0.3, -0.25) is 4.79 Å². The van der Waals surface area contributed by atoms with Crippen molar-refractivity contribution >= 4 is 23.3 Å². The Morgan fingerprint density at radius 2 is 2.06 bits per heavy atom. The van der Waals surface area contributed by atoms with Gasteiger partial charge in [-0.15, -0.1) is 11.3 Å². The number of fused-ring (bicyclic) bond motifs is 1. The summed E-state index contributed by atoms with van der Waals surface area (Å²) < 4.78 is 19.4. The Morgan fingerprint density at radius 1 is 1.31 bits per heavy atom. The standard InChI is InChI=1S/C24H32FN3O3S/c1-16(2)26-23(30)28(24(3,4)5)14-22(29)27-11-9-21-19(10-12-32-21)20(27)15-31-18-8-6-7-17(25)13-18/h6-8,10,12-13,16,20H,9,11,14-15H2,1-5H3,(H,26,30). The number of carbonyl (C=O) groups is 2. The van der Waals surface area contributed by atoms with E-state index in [4.69, 9.17) is 4.74 Å². The topological polar surface area (TPSA) is 61.9 Å². The number of thiophene rings is 1. The van der Waals surface area contributed by atoms with Gasteiger partial charge in [-0.1, -0.05) is 6.07 Å². The molecule has 0 saturated carbocycles. The van der Waals surface area contributed by atoms with Crippen molar-refractivity contribution < 1.29 is 18.7 Å². The first-order valence-electron chi connectivity index (χ1n) is 10.9. The molecule has 6 nitrogen and oxygen atoms in total. The SMILES string of the molecule is CC(C)NC(=O)N(CC(=O)N1CCc2sccc2C1COc1cccc(F)c1)C(C)(C)C. The fourth-order valence-electron chi connectivity index (χ4n) is 3.77. The van der Waals surface area contributed by atoms with E-state index in [2.05, 4.69) is 5.32 Å². The molecule has 1 aromatic carbocycles. The van der Waals surface area contributed by atoms with Crippen LogP contribution in [0.2, 0.25) is 0 Å². The Labute approximate surface area is 193 Å². The molecular weight excluding hydrogens is 429 g/mol. The number of carbonyl (C=O) groups excluding carboxylic acids is 2. The van der Waals surface area contributed by atoms with Crippen LogP contribution in [0.5, 0.6) is 5.75 Å². The van der Waals surface area contributed by atoms with Gasteiger partial charge < -0.3 is 19.9 Å². The normalized spacial score (nSPS) is 16.0. The lowest BCUT2D eigenvalue weighted by Crippen LogP contribution is -2.56. The minimum absolute atomic E-state index is 0.0294. The zero-order valence-corrected chi connectivity index (χ0v) is 20.2. The summed E-state index contributed by atoms with van der Waals surface area (Å²) in [6.45, 7) is 10.3. The third-order valence-electron chi connectivity index (χ3n) is 5.38. The van der Waals surface area contributed by atoms with E-state index in [1.807, 2.05) is 46.1 Å². The van der Waals surface area contributed by atoms with Crippen molar-refractivity contribution in [3.63, 3.8) is 0 Å². The number of rotatable bonds is 6. The van der Waals surface area contributed by atoms with E-state index >= 15 is 0 Å². The Morgan fingerprint density at radius 3 is 2.72 bits per heavy atom. The molecule has 0 saturated heterocycles. The van der Waals surface area contributed by atoms with Gasteiger partial charge in [0.1, 0.15) is 24.7 Å². The first kappa shape index (κ1) is 24.0. The number of amides is 3. The Hall–Kier alpha value is -2.61. The molecule has 2 heterocycles. The van der Waals surface area contributed by atoms with Crippen LogP contribution in [0.4, 0.5) is 9.18 Å². The number of hydrogen-bond acceptors (Lipinski definition) is 4. The molecule has 1 aliphatic rings. The van der Waals surface area contributed by atoms with Crippen LogP contribution in [0.3, 0.4) is 0 Å². The first-order valence-corrected chi connectivity index (χ1v) is 11.8. The average Bonchev–Trinajstić information content (AvgIpc) is 3.17. The van der Waals surface area contributed by atoms with Gasteiger partial charge in [0.25, 0.3) is 0 Å². The molecule has 8 heteroatoms. The van der Waals surface area contributed by atoms with Crippen LogP contribution in [-0.2, 0) is 11.2 Å². The predicted octanol–water partition coefficient (Wildman–Crippen LogP) is 4.61. The van der Waals surface area contributed by atoms with E-state index in [0.717, 1.165) is 12.0 Å². The quantitative estimate of drug-likeness (QED) is 0.683. The van der Waals surface area contributed by atoms with Gasteiger partial charge in [0, 0.05) is 29.1 Å². The molecule has 174 valence electrons. The fraction of sp³-hybridized carbons (Fsp3) is 0.500. The second kappa shape index (κ2) is 9.90. The van der Waals surface area contributed by atoms with Gasteiger partial charge in [0.15, 0.2) is 0 Å². The fourth-order valence-corrected chi connectivity index (χ4v) is 4.70. The number of urea groups is 1. The highest BCUT2D eigenvalue weighted by Gasteiger charge is 2.36. The van der Waals surface area contributed by atoms with Crippen molar-refractivity contribution in [2.45, 2.75) is 58.7 Å². The van der Waals surface area contributed by atoms with E-state index in [-0.39, 0.29) is 43.0 Å². The Kier molecular flexibility index (Phi) is 7.44. The van der Waals surface area contributed by atoms with E-state index < -0.39 is 5.54 Å². The maximum absolute atomic E-state index is 13.6. The van der Waals surface area contributed by atoms with Crippen molar-refractivity contribution in [3.8, 4) is 5.75 Å². The van der Waals surface area contributed by atoms with Crippen molar-refractivity contribution in [2.75, 3.05) is 19.7 Å². The third kappa shape index (κ3) is 5.79. The highest BCUT2D eigenvalue weighted by atomic mass is 32.1. The number of nitrogens with zero attached hydrogens (tertiary/aromatic N) is 2. The summed E-state index contributed by atoms with van der Waals surface area (Å²) in [5, 5.41) is 4.91. The summed E-state index contributed by atoms with van der Waals surface area (Å²) in [7, 11) is 0. The molecule has 1 unspecified atom stereocenters. The molecule has 0 radical (unpaired) electrons. The van der Waals surface area contributed by atoms with E-state index in [9.17, 15) is 14.0 Å². The van der Waals surface area contributed by atoms with Gasteiger partial charge in [-0.2, -0.15) is 0 Å². The number of hydrogen-bond donors (Lipinski definition) is 1. The minimum atomic E-state index is -0.522. The van der Waals surface area contributed by atoms with E-state index in [1.165, 1.54) is 17.0 Å². The molecular formula is C24H32FN3O3S. The molecule has 2 aromatic rings. The summed E-state index contributed by atoms with van der Waals surface area (Å²) in [6, 6.07) is 7.43. The first-order chi connectivity index (χ1) is 15.1. The highest BCUT2D eigenvalue weighted by molar-refractivity contribution is 7.10. The van der Waals surface area contributed by atoms with Crippen LogP contribution in [-0.4, -0.2) is 53.0 Å². The summed E-state index contributed by atoms with van der Waals surface area (Å²) in [5.74, 6) is -0.0804. The second-order valence-corrected chi connectivity index (χ2v) is 10.3. The summed E-state index contributed by atoms with van der Waals surface area (Å²) in [5.41, 5.74) is 0.533.